The number of carbonyl (C=O) groups excluding carboxylic acids is 1. The lowest BCUT2D eigenvalue weighted by Crippen LogP contribution is -2.25. The summed E-state index contributed by atoms with van der Waals surface area (Å²) in [6.07, 6.45) is -0.447. The molecule has 0 saturated carbocycles. The van der Waals surface area contributed by atoms with E-state index in [0.29, 0.717) is 18.8 Å². The van der Waals surface area contributed by atoms with Crippen LogP contribution in [0.3, 0.4) is 0 Å². The lowest BCUT2D eigenvalue weighted by Gasteiger charge is -2.17. The number of halogens is 1. The summed E-state index contributed by atoms with van der Waals surface area (Å²) in [6, 6.07) is 4.20. The average Bonchev–Trinajstić information content (AvgIpc) is 2.60. The molecule has 92 valence electrons. The second kappa shape index (κ2) is 4.71. The maximum absolute atomic E-state index is 13.0. The Bertz CT molecular complexity index is 436. The molecule has 0 spiro atoms. The number of aliphatic hydroxyl groups is 1. The Morgan fingerprint density at radius 3 is 2.94 bits per heavy atom. The van der Waals surface area contributed by atoms with E-state index in [-0.39, 0.29) is 18.1 Å². The summed E-state index contributed by atoms with van der Waals surface area (Å²) in [5, 5.41) is 9.36. The molecule has 1 aliphatic heterocycles. The van der Waals surface area contributed by atoms with Gasteiger partial charge in [-0.3, -0.25) is 4.79 Å². The topological polar surface area (TPSA) is 49.8 Å². The fourth-order valence-corrected chi connectivity index (χ4v) is 1.96. The zero-order chi connectivity index (χ0) is 12.4. The van der Waals surface area contributed by atoms with E-state index < -0.39 is 6.10 Å². The molecule has 1 aromatic carbocycles. The Labute approximate surface area is 98.6 Å². The molecule has 1 unspecified atom stereocenters. The van der Waals surface area contributed by atoms with Crippen LogP contribution in [-0.2, 0) is 11.3 Å². The molecule has 5 heteroatoms. The lowest BCUT2D eigenvalue weighted by atomic mass is 10.2. The molecule has 0 aliphatic carbocycles. The highest BCUT2D eigenvalue weighted by molar-refractivity contribution is 5.79. The van der Waals surface area contributed by atoms with E-state index >= 15 is 0 Å². The van der Waals surface area contributed by atoms with Gasteiger partial charge in [-0.05, 0) is 6.07 Å². The third-order valence-electron chi connectivity index (χ3n) is 2.80. The van der Waals surface area contributed by atoms with Gasteiger partial charge in [0.05, 0.1) is 19.6 Å². The van der Waals surface area contributed by atoms with Crippen LogP contribution in [0.1, 0.15) is 12.0 Å². The molecule has 0 aromatic heterocycles. The van der Waals surface area contributed by atoms with Gasteiger partial charge in [0.15, 0.2) is 0 Å². The normalized spacial score (nSPS) is 19.8. The zero-order valence-electron chi connectivity index (χ0n) is 9.52. The minimum Gasteiger partial charge on any atom is -0.496 e. The minimum absolute atomic E-state index is 0.0936. The highest BCUT2D eigenvalue weighted by atomic mass is 19.1. The molecule has 1 heterocycles. The molecule has 1 aromatic rings. The Hall–Kier alpha value is -1.62. The van der Waals surface area contributed by atoms with Gasteiger partial charge < -0.3 is 14.7 Å². The van der Waals surface area contributed by atoms with Crippen LogP contribution in [0.15, 0.2) is 18.2 Å². The van der Waals surface area contributed by atoms with Crippen molar-refractivity contribution in [3.63, 3.8) is 0 Å². The molecule has 17 heavy (non-hydrogen) atoms. The predicted molar refractivity (Wildman–Crippen MR) is 59.0 cm³/mol. The van der Waals surface area contributed by atoms with Crippen LogP contribution in [-0.4, -0.2) is 35.7 Å². The lowest BCUT2D eigenvalue weighted by molar-refractivity contribution is -0.128. The van der Waals surface area contributed by atoms with E-state index in [4.69, 9.17) is 4.74 Å². The standard InChI is InChI=1S/C12H14FNO3/c1-17-11-4-9(13)3-2-8(11)6-14-7-10(15)5-12(14)16/h2-4,10,15H,5-7H2,1H3. The number of methoxy groups -OCH3 is 1. The second-order valence-electron chi connectivity index (χ2n) is 4.09. The molecular weight excluding hydrogens is 225 g/mol. The molecule has 1 fully saturated rings. The van der Waals surface area contributed by atoms with Crippen molar-refractivity contribution in [2.75, 3.05) is 13.7 Å². The van der Waals surface area contributed by atoms with Gasteiger partial charge in [-0.1, -0.05) is 6.07 Å². The van der Waals surface area contributed by atoms with Gasteiger partial charge in [0, 0.05) is 24.7 Å². The number of likely N-dealkylation sites (tertiary alicyclic amines) is 1. The zero-order valence-corrected chi connectivity index (χ0v) is 9.52. The predicted octanol–water partition coefficient (Wildman–Crippen LogP) is 0.927. The van der Waals surface area contributed by atoms with Crippen LogP contribution >= 0.6 is 0 Å². The summed E-state index contributed by atoms with van der Waals surface area (Å²) >= 11 is 0. The van der Waals surface area contributed by atoms with Gasteiger partial charge in [-0.15, -0.1) is 0 Å². The van der Waals surface area contributed by atoms with Crippen molar-refractivity contribution in [2.24, 2.45) is 0 Å². The number of aliphatic hydroxyl groups excluding tert-OH is 1. The SMILES string of the molecule is COc1cc(F)ccc1CN1CC(O)CC1=O. The number of ether oxygens (including phenoxy) is 1. The monoisotopic (exact) mass is 239 g/mol. The number of hydrogen-bond acceptors (Lipinski definition) is 3. The van der Waals surface area contributed by atoms with Crippen molar-refractivity contribution >= 4 is 5.91 Å². The van der Waals surface area contributed by atoms with Crippen LogP contribution in [0.25, 0.3) is 0 Å². The molecule has 1 atom stereocenters. The maximum atomic E-state index is 13.0. The molecule has 4 nitrogen and oxygen atoms in total. The van der Waals surface area contributed by atoms with Gasteiger partial charge in [-0.25, -0.2) is 4.39 Å². The average molecular weight is 239 g/mol. The second-order valence-corrected chi connectivity index (χ2v) is 4.09. The minimum atomic E-state index is -0.603. The van der Waals surface area contributed by atoms with E-state index in [1.165, 1.54) is 19.2 Å². The third kappa shape index (κ3) is 2.55. The third-order valence-corrected chi connectivity index (χ3v) is 2.80. The number of rotatable bonds is 3. The van der Waals surface area contributed by atoms with Gasteiger partial charge >= 0.3 is 0 Å². The fraction of sp³-hybridized carbons (Fsp3) is 0.417. The molecule has 1 aliphatic rings. The van der Waals surface area contributed by atoms with Crippen molar-refractivity contribution in [3.8, 4) is 5.75 Å². The largest absolute Gasteiger partial charge is 0.496 e. The quantitative estimate of drug-likeness (QED) is 0.853. The van der Waals surface area contributed by atoms with Gasteiger partial charge in [-0.2, -0.15) is 0 Å². The first kappa shape index (κ1) is 11.9. The van der Waals surface area contributed by atoms with Gasteiger partial charge in [0.25, 0.3) is 0 Å². The Kier molecular flexibility index (Phi) is 3.28. The van der Waals surface area contributed by atoms with Crippen molar-refractivity contribution in [3.05, 3.63) is 29.6 Å². The Morgan fingerprint density at radius 2 is 2.35 bits per heavy atom. The number of carbonyl (C=O) groups is 1. The van der Waals surface area contributed by atoms with Crippen LogP contribution in [0, 0.1) is 5.82 Å². The number of β-amino-alcohol motifs (C(OH)–C–C–N with tert-alkyl or cyclic N) is 1. The molecular formula is C12H14FNO3. The van der Waals surface area contributed by atoms with E-state index in [2.05, 4.69) is 0 Å². The molecule has 1 N–H and O–H groups in total. The first-order chi connectivity index (χ1) is 8.10. The summed E-state index contributed by atoms with van der Waals surface area (Å²) in [6.45, 7) is 0.651. The number of nitrogens with zero attached hydrogens (tertiary/aromatic N) is 1. The first-order valence-corrected chi connectivity index (χ1v) is 5.38. The Morgan fingerprint density at radius 1 is 1.59 bits per heavy atom. The van der Waals surface area contributed by atoms with Crippen LogP contribution in [0.4, 0.5) is 4.39 Å². The number of hydrogen-bond donors (Lipinski definition) is 1. The smallest absolute Gasteiger partial charge is 0.225 e. The van der Waals surface area contributed by atoms with Crippen molar-refractivity contribution in [1.82, 2.24) is 4.90 Å². The van der Waals surface area contributed by atoms with E-state index in [0.717, 1.165) is 5.56 Å². The highest BCUT2D eigenvalue weighted by Crippen LogP contribution is 2.23. The molecule has 1 saturated heterocycles. The molecule has 2 rings (SSSR count). The summed E-state index contributed by atoms with van der Waals surface area (Å²) in [4.78, 5) is 13.0. The van der Waals surface area contributed by atoms with E-state index in [1.807, 2.05) is 0 Å². The van der Waals surface area contributed by atoms with E-state index in [1.54, 1.807) is 11.0 Å². The van der Waals surface area contributed by atoms with Crippen LogP contribution in [0.2, 0.25) is 0 Å². The first-order valence-electron chi connectivity index (χ1n) is 5.38. The maximum Gasteiger partial charge on any atom is 0.225 e. The Balaban J connectivity index is 2.16. The number of benzene rings is 1. The van der Waals surface area contributed by atoms with Crippen LogP contribution < -0.4 is 4.74 Å². The highest BCUT2D eigenvalue weighted by Gasteiger charge is 2.28. The summed E-state index contributed by atoms with van der Waals surface area (Å²) < 4.78 is 18.0. The van der Waals surface area contributed by atoms with Crippen molar-refractivity contribution in [2.45, 2.75) is 19.1 Å². The molecule has 0 radical (unpaired) electrons. The molecule has 0 bridgehead atoms. The van der Waals surface area contributed by atoms with Crippen molar-refractivity contribution < 1.29 is 19.0 Å². The summed E-state index contributed by atoms with van der Waals surface area (Å²) in [5.41, 5.74) is 0.733. The van der Waals surface area contributed by atoms with Gasteiger partial charge in [0.2, 0.25) is 5.91 Å². The summed E-state index contributed by atoms with van der Waals surface area (Å²) in [7, 11) is 1.46. The molecule has 1 amide bonds. The summed E-state index contributed by atoms with van der Waals surface area (Å²) in [5.74, 6) is -0.0542. The van der Waals surface area contributed by atoms with Crippen molar-refractivity contribution in [1.29, 1.82) is 0 Å². The number of amides is 1. The van der Waals surface area contributed by atoms with Gasteiger partial charge in [0.1, 0.15) is 11.6 Å². The van der Waals surface area contributed by atoms with Crippen LogP contribution in [0.5, 0.6) is 5.75 Å². The van der Waals surface area contributed by atoms with E-state index in [9.17, 15) is 14.3 Å². The fourth-order valence-electron chi connectivity index (χ4n) is 1.96.